The van der Waals surface area contributed by atoms with Crippen LogP contribution < -0.4 is 10.3 Å². The molecule has 3 aromatic heterocycles. The van der Waals surface area contributed by atoms with Crippen LogP contribution in [-0.4, -0.2) is 30.2 Å². The van der Waals surface area contributed by atoms with Gasteiger partial charge in [-0.05, 0) is 24.6 Å². The van der Waals surface area contributed by atoms with Gasteiger partial charge in [0.25, 0.3) is 5.56 Å². The number of thiophene rings is 1. The minimum Gasteiger partial charge on any atom is -0.493 e. The van der Waals surface area contributed by atoms with Crippen LogP contribution in [0.2, 0.25) is 0 Å². The fourth-order valence-electron chi connectivity index (χ4n) is 3.03. The second-order valence-electron chi connectivity index (χ2n) is 6.16. The number of furan rings is 1. The summed E-state index contributed by atoms with van der Waals surface area (Å²) in [4.78, 5) is 32.3. The molecule has 29 heavy (non-hydrogen) atoms. The third kappa shape index (κ3) is 3.30. The second kappa shape index (κ2) is 7.38. The molecule has 0 unspecified atom stereocenters. The molecule has 0 saturated heterocycles. The van der Waals surface area contributed by atoms with Gasteiger partial charge in [-0.2, -0.15) is 0 Å². The van der Waals surface area contributed by atoms with Crippen LogP contribution in [0.4, 0.5) is 0 Å². The van der Waals surface area contributed by atoms with E-state index in [4.69, 9.17) is 25.5 Å². The van der Waals surface area contributed by atoms with Gasteiger partial charge in [-0.3, -0.25) is 4.79 Å². The van der Waals surface area contributed by atoms with Crippen LogP contribution in [0.5, 0.6) is 5.75 Å². The summed E-state index contributed by atoms with van der Waals surface area (Å²) in [6.45, 7) is 1.68. The van der Waals surface area contributed by atoms with Gasteiger partial charge in [0.1, 0.15) is 15.5 Å². The number of aromatic amines is 1. The molecule has 0 bridgehead atoms. The number of carbonyl (C=O) groups excluding carboxylic acids is 1. The standard InChI is InChI=1S/C20H15ClN2O5S/c1-9-14-18(24)22-17(23-19(14)29-16(9)20(25)27-3)12(21)8-11-7-10-5-4-6-13(26-2)15(10)28-11/h4-8H,1-3H3,(H,22,23,24)/b12-8-. The summed E-state index contributed by atoms with van der Waals surface area (Å²) in [7, 11) is 2.85. The molecule has 0 radical (unpaired) electrons. The van der Waals surface area contributed by atoms with Crippen LogP contribution in [0.3, 0.4) is 0 Å². The lowest BCUT2D eigenvalue weighted by molar-refractivity contribution is 0.0605. The zero-order valence-corrected chi connectivity index (χ0v) is 17.2. The Labute approximate surface area is 173 Å². The van der Waals surface area contributed by atoms with Crippen LogP contribution in [0, 0.1) is 6.92 Å². The lowest BCUT2D eigenvalue weighted by Gasteiger charge is -1.99. The lowest BCUT2D eigenvalue weighted by Crippen LogP contribution is -2.10. The SMILES string of the molecule is COC(=O)c1sc2nc(/C(Cl)=C/c3cc4cccc(OC)c4o3)[nH]c(=O)c2c1C. The Bertz CT molecular complexity index is 1350. The Morgan fingerprint density at radius 3 is 2.86 bits per heavy atom. The monoisotopic (exact) mass is 430 g/mol. The number of fused-ring (bicyclic) bond motifs is 2. The minimum atomic E-state index is -0.510. The van der Waals surface area contributed by atoms with E-state index in [9.17, 15) is 9.59 Å². The molecule has 0 saturated carbocycles. The number of hydrogen-bond donors (Lipinski definition) is 1. The predicted octanol–water partition coefficient (Wildman–Crippen LogP) is 4.57. The van der Waals surface area contributed by atoms with Gasteiger partial charge in [0.15, 0.2) is 17.2 Å². The first-order valence-electron chi connectivity index (χ1n) is 8.48. The Morgan fingerprint density at radius 1 is 1.34 bits per heavy atom. The first-order chi connectivity index (χ1) is 13.9. The number of nitrogens with one attached hydrogen (secondary N) is 1. The Morgan fingerprint density at radius 2 is 2.14 bits per heavy atom. The topological polar surface area (TPSA) is 94.4 Å². The number of H-pyrrole nitrogens is 1. The van der Waals surface area contributed by atoms with E-state index in [2.05, 4.69) is 9.97 Å². The lowest BCUT2D eigenvalue weighted by atomic mass is 10.2. The maximum absolute atomic E-state index is 12.6. The minimum absolute atomic E-state index is 0.175. The number of carbonyl (C=O) groups is 1. The molecule has 0 spiro atoms. The van der Waals surface area contributed by atoms with E-state index < -0.39 is 5.97 Å². The molecule has 0 aliphatic rings. The number of ether oxygens (including phenoxy) is 2. The van der Waals surface area contributed by atoms with Gasteiger partial charge in [0.2, 0.25) is 0 Å². The zero-order valence-electron chi connectivity index (χ0n) is 15.7. The molecule has 0 atom stereocenters. The van der Waals surface area contributed by atoms with Gasteiger partial charge in [-0.15, -0.1) is 11.3 Å². The summed E-state index contributed by atoms with van der Waals surface area (Å²) >= 11 is 7.49. The molecule has 148 valence electrons. The maximum Gasteiger partial charge on any atom is 0.348 e. The molecule has 3 heterocycles. The summed E-state index contributed by atoms with van der Waals surface area (Å²) in [5.41, 5.74) is 0.743. The van der Waals surface area contributed by atoms with E-state index in [-0.39, 0.29) is 16.4 Å². The van der Waals surface area contributed by atoms with Crippen molar-refractivity contribution in [3.63, 3.8) is 0 Å². The highest BCUT2D eigenvalue weighted by molar-refractivity contribution is 7.20. The molecule has 0 amide bonds. The average Bonchev–Trinajstić information content (AvgIpc) is 3.27. The highest BCUT2D eigenvalue weighted by Gasteiger charge is 2.20. The summed E-state index contributed by atoms with van der Waals surface area (Å²) in [6, 6.07) is 7.35. The first kappa shape index (κ1) is 19.2. The van der Waals surface area contributed by atoms with Gasteiger partial charge in [0, 0.05) is 11.5 Å². The van der Waals surface area contributed by atoms with Crippen LogP contribution in [0.25, 0.3) is 32.3 Å². The molecule has 9 heteroatoms. The molecular weight excluding hydrogens is 416 g/mol. The summed E-state index contributed by atoms with van der Waals surface area (Å²) in [6.07, 6.45) is 1.56. The van der Waals surface area contributed by atoms with E-state index in [1.165, 1.54) is 7.11 Å². The number of benzene rings is 1. The van der Waals surface area contributed by atoms with Crippen molar-refractivity contribution >= 4 is 61.2 Å². The second-order valence-corrected chi connectivity index (χ2v) is 7.57. The number of aromatic nitrogens is 2. The number of para-hydroxylation sites is 1. The predicted molar refractivity (Wildman–Crippen MR) is 113 cm³/mol. The van der Waals surface area contributed by atoms with Crippen molar-refractivity contribution in [2.45, 2.75) is 6.92 Å². The number of hydrogen-bond acceptors (Lipinski definition) is 7. The van der Waals surface area contributed by atoms with Crippen molar-refractivity contribution in [1.29, 1.82) is 0 Å². The molecule has 4 rings (SSSR count). The Hall–Kier alpha value is -3.10. The van der Waals surface area contributed by atoms with Crippen molar-refractivity contribution < 1.29 is 18.7 Å². The fraction of sp³-hybridized carbons (Fsp3) is 0.150. The smallest absolute Gasteiger partial charge is 0.348 e. The van der Waals surface area contributed by atoms with E-state index in [1.807, 2.05) is 18.2 Å². The van der Waals surface area contributed by atoms with Gasteiger partial charge in [-0.1, -0.05) is 23.7 Å². The van der Waals surface area contributed by atoms with Gasteiger partial charge in [0.05, 0.1) is 24.6 Å². The average molecular weight is 431 g/mol. The van der Waals surface area contributed by atoms with Crippen molar-refractivity contribution in [2.75, 3.05) is 14.2 Å². The van der Waals surface area contributed by atoms with Gasteiger partial charge < -0.3 is 18.9 Å². The molecule has 1 aromatic carbocycles. The van der Waals surface area contributed by atoms with Crippen molar-refractivity contribution in [2.24, 2.45) is 0 Å². The van der Waals surface area contributed by atoms with Crippen molar-refractivity contribution in [3.8, 4) is 5.75 Å². The first-order valence-corrected chi connectivity index (χ1v) is 9.68. The molecule has 0 aliphatic carbocycles. The van der Waals surface area contributed by atoms with E-state index in [1.54, 1.807) is 26.2 Å². The van der Waals surface area contributed by atoms with Crippen LogP contribution >= 0.6 is 22.9 Å². The third-order valence-corrected chi connectivity index (χ3v) is 5.87. The third-order valence-electron chi connectivity index (χ3n) is 4.41. The van der Waals surface area contributed by atoms with Crippen molar-refractivity contribution in [1.82, 2.24) is 9.97 Å². The van der Waals surface area contributed by atoms with Crippen molar-refractivity contribution in [3.05, 3.63) is 56.6 Å². The number of halogens is 1. The normalized spacial score (nSPS) is 11.9. The Kier molecular flexibility index (Phi) is 4.89. The zero-order chi connectivity index (χ0) is 20.7. The quantitative estimate of drug-likeness (QED) is 0.476. The molecule has 7 nitrogen and oxygen atoms in total. The van der Waals surface area contributed by atoms with Gasteiger partial charge in [-0.25, -0.2) is 9.78 Å². The number of rotatable bonds is 4. The summed E-state index contributed by atoms with van der Waals surface area (Å²) < 4.78 is 15.9. The van der Waals surface area contributed by atoms with E-state index >= 15 is 0 Å². The van der Waals surface area contributed by atoms with Crippen LogP contribution in [0.1, 0.15) is 26.8 Å². The number of nitrogens with zero attached hydrogens (tertiary/aromatic N) is 1. The molecule has 0 fully saturated rings. The summed E-state index contributed by atoms with van der Waals surface area (Å²) in [5, 5.41) is 1.39. The van der Waals surface area contributed by atoms with Gasteiger partial charge >= 0.3 is 5.97 Å². The Balaban J connectivity index is 1.80. The molecule has 1 N–H and O–H groups in total. The summed E-state index contributed by atoms with van der Waals surface area (Å²) in [5.74, 6) is 0.754. The molecular formula is C20H15ClN2O5S. The highest BCUT2D eigenvalue weighted by atomic mass is 35.5. The maximum atomic E-state index is 12.6. The van der Waals surface area contributed by atoms with E-state index in [0.717, 1.165) is 16.7 Å². The van der Waals surface area contributed by atoms with Crippen LogP contribution in [-0.2, 0) is 4.74 Å². The number of aryl methyl sites for hydroxylation is 1. The van der Waals surface area contributed by atoms with E-state index in [0.29, 0.717) is 37.7 Å². The number of methoxy groups -OCH3 is 2. The largest absolute Gasteiger partial charge is 0.493 e. The van der Waals surface area contributed by atoms with Crippen LogP contribution in [0.15, 0.2) is 33.5 Å². The number of esters is 1. The molecule has 4 aromatic rings. The highest BCUT2D eigenvalue weighted by Crippen LogP contribution is 2.32. The fourth-order valence-corrected chi connectivity index (χ4v) is 4.32. The molecule has 0 aliphatic heterocycles.